The average Bonchev–Trinajstić information content (AvgIpc) is 2.58. The summed E-state index contributed by atoms with van der Waals surface area (Å²) >= 11 is 0. The molecule has 84 valence electrons. The molecule has 0 radical (unpaired) electrons. The molecule has 0 aromatic carbocycles. The van der Waals surface area contributed by atoms with E-state index in [2.05, 4.69) is 31.4 Å². The molecule has 1 aliphatic heterocycles. The summed E-state index contributed by atoms with van der Waals surface area (Å²) in [5, 5.41) is 7.15. The lowest BCUT2D eigenvalue weighted by atomic mass is 10.0. The van der Waals surface area contributed by atoms with Gasteiger partial charge in [0.25, 0.3) is 0 Å². The Morgan fingerprint density at radius 1 is 1.50 bits per heavy atom. The largest absolute Gasteiger partial charge is 0.314 e. The van der Waals surface area contributed by atoms with Crippen molar-refractivity contribution in [3.63, 3.8) is 0 Å². The number of nitrogens with one attached hydrogen (secondary N) is 2. The lowest BCUT2D eigenvalue weighted by Crippen LogP contribution is -2.35. The molecule has 14 heavy (non-hydrogen) atoms. The molecular weight excluding hydrogens is 172 g/mol. The average molecular weight is 198 g/mol. The topological polar surface area (TPSA) is 24.1 Å². The highest BCUT2D eigenvalue weighted by Crippen LogP contribution is 2.14. The van der Waals surface area contributed by atoms with Crippen LogP contribution in [-0.4, -0.2) is 25.2 Å². The summed E-state index contributed by atoms with van der Waals surface area (Å²) < 4.78 is 0. The van der Waals surface area contributed by atoms with E-state index in [-0.39, 0.29) is 0 Å². The Labute approximate surface area is 88.8 Å². The van der Waals surface area contributed by atoms with Crippen molar-refractivity contribution in [3.8, 4) is 0 Å². The summed E-state index contributed by atoms with van der Waals surface area (Å²) in [5.74, 6) is 0.846. The predicted molar refractivity (Wildman–Crippen MR) is 62.6 cm³/mol. The SMILES string of the molecule is CCCCC(C)NCC1CCNC1C. The van der Waals surface area contributed by atoms with E-state index in [1.54, 1.807) is 0 Å². The molecule has 0 bridgehead atoms. The van der Waals surface area contributed by atoms with Crippen LogP contribution in [0.4, 0.5) is 0 Å². The molecule has 2 nitrogen and oxygen atoms in total. The standard InChI is InChI=1S/C12H26N2/c1-4-5-6-10(2)14-9-12-7-8-13-11(12)3/h10-14H,4-9H2,1-3H3. The van der Waals surface area contributed by atoms with Crippen molar-refractivity contribution in [2.75, 3.05) is 13.1 Å². The van der Waals surface area contributed by atoms with Gasteiger partial charge in [0.05, 0.1) is 0 Å². The minimum Gasteiger partial charge on any atom is -0.314 e. The Kier molecular flexibility index (Phi) is 5.49. The molecule has 0 spiro atoms. The third-order valence-electron chi connectivity index (χ3n) is 3.41. The molecule has 1 heterocycles. The summed E-state index contributed by atoms with van der Waals surface area (Å²) in [6.07, 6.45) is 5.33. The Balaban J connectivity index is 2.07. The number of hydrogen-bond acceptors (Lipinski definition) is 2. The zero-order chi connectivity index (χ0) is 10.4. The first-order valence-electron chi connectivity index (χ1n) is 6.20. The molecule has 0 amide bonds. The molecule has 0 aromatic heterocycles. The quantitative estimate of drug-likeness (QED) is 0.683. The molecule has 2 heteroatoms. The van der Waals surface area contributed by atoms with Crippen molar-refractivity contribution in [3.05, 3.63) is 0 Å². The van der Waals surface area contributed by atoms with E-state index in [0.29, 0.717) is 12.1 Å². The molecule has 2 N–H and O–H groups in total. The second kappa shape index (κ2) is 6.41. The van der Waals surface area contributed by atoms with Crippen molar-refractivity contribution < 1.29 is 0 Å². The Bertz CT molecular complexity index is 147. The van der Waals surface area contributed by atoms with Crippen molar-refractivity contribution in [1.29, 1.82) is 0 Å². The zero-order valence-electron chi connectivity index (χ0n) is 9.97. The van der Waals surface area contributed by atoms with Crippen LogP contribution >= 0.6 is 0 Å². The fourth-order valence-electron chi connectivity index (χ4n) is 2.16. The zero-order valence-corrected chi connectivity index (χ0v) is 9.97. The normalized spacial score (nSPS) is 29.4. The van der Waals surface area contributed by atoms with Crippen LogP contribution in [0.5, 0.6) is 0 Å². The van der Waals surface area contributed by atoms with Crippen molar-refractivity contribution >= 4 is 0 Å². The van der Waals surface area contributed by atoms with Gasteiger partial charge in [0, 0.05) is 12.1 Å². The number of hydrogen-bond donors (Lipinski definition) is 2. The first-order valence-corrected chi connectivity index (χ1v) is 6.20. The Morgan fingerprint density at radius 2 is 2.29 bits per heavy atom. The van der Waals surface area contributed by atoms with Gasteiger partial charge in [-0.25, -0.2) is 0 Å². The van der Waals surface area contributed by atoms with Crippen LogP contribution in [0, 0.1) is 5.92 Å². The van der Waals surface area contributed by atoms with Crippen LogP contribution in [0.25, 0.3) is 0 Å². The maximum absolute atomic E-state index is 3.65. The number of unbranched alkanes of at least 4 members (excludes halogenated alkanes) is 1. The lowest BCUT2D eigenvalue weighted by Gasteiger charge is -2.19. The summed E-state index contributed by atoms with van der Waals surface area (Å²) in [6, 6.07) is 1.41. The first-order chi connectivity index (χ1) is 6.74. The van der Waals surface area contributed by atoms with Gasteiger partial charge >= 0.3 is 0 Å². The van der Waals surface area contributed by atoms with Gasteiger partial charge in [0.2, 0.25) is 0 Å². The van der Waals surface area contributed by atoms with E-state index >= 15 is 0 Å². The third kappa shape index (κ3) is 3.97. The van der Waals surface area contributed by atoms with Gasteiger partial charge in [0.1, 0.15) is 0 Å². The van der Waals surface area contributed by atoms with Crippen molar-refractivity contribution in [1.82, 2.24) is 10.6 Å². The van der Waals surface area contributed by atoms with Gasteiger partial charge in [-0.05, 0) is 45.7 Å². The maximum Gasteiger partial charge on any atom is 0.00795 e. The molecule has 3 atom stereocenters. The van der Waals surface area contributed by atoms with Gasteiger partial charge in [-0.3, -0.25) is 0 Å². The predicted octanol–water partition coefficient (Wildman–Crippen LogP) is 2.15. The lowest BCUT2D eigenvalue weighted by molar-refractivity contribution is 0.398. The second-order valence-corrected chi connectivity index (χ2v) is 4.74. The summed E-state index contributed by atoms with van der Waals surface area (Å²) in [4.78, 5) is 0. The minimum absolute atomic E-state index is 0.697. The summed E-state index contributed by atoms with van der Waals surface area (Å²) in [5.41, 5.74) is 0. The van der Waals surface area contributed by atoms with Gasteiger partial charge < -0.3 is 10.6 Å². The highest BCUT2D eigenvalue weighted by atomic mass is 15.0. The van der Waals surface area contributed by atoms with Crippen LogP contribution in [0.3, 0.4) is 0 Å². The van der Waals surface area contributed by atoms with E-state index in [9.17, 15) is 0 Å². The van der Waals surface area contributed by atoms with Crippen molar-refractivity contribution in [2.45, 2.75) is 58.5 Å². The van der Waals surface area contributed by atoms with Crippen LogP contribution in [-0.2, 0) is 0 Å². The minimum atomic E-state index is 0.697. The molecule has 1 aliphatic rings. The monoisotopic (exact) mass is 198 g/mol. The molecule has 0 aromatic rings. The van der Waals surface area contributed by atoms with E-state index < -0.39 is 0 Å². The maximum atomic E-state index is 3.65. The van der Waals surface area contributed by atoms with E-state index in [0.717, 1.165) is 5.92 Å². The molecule has 1 fully saturated rings. The van der Waals surface area contributed by atoms with Crippen molar-refractivity contribution in [2.24, 2.45) is 5.92 Å². The molecule has 0 aliphatic carbocycles. The van der Waals surface area contributed by atoms with Crippen LogP contribution in [0.2, 0.25) is 0 Å². The number of rotatable bonds is 6. The summed E-state index contributed by atoms with van der Waals surface area (Å²) in [7, 11) is 0. The highest BCUT2D eigenvalue weighted by molar-refractivity contribution is 4.82. The van der Waals surface area contributed by atoms with Gasteiger partial charge in [-0.1, -0.05) is 19.8 Å². The smallest absolute Gasteiger partial charge is 0.00795 e. The van der Waals surface area contributed by atoms with E-state index in [4.69, 9.17) is 0 Å². The Hall–Kier alpha value is -0.0800. The highest BCUT2D eigenvalue weighted by Gasteiger charge is 2.22. The fourth-order valence-corrected chi connectivity index (χ4v) is 2.16. The summed E-state index contributed by atoms with van der Waals surface area (Å²) in [6.45, 7) is 9.27. The van der Waals surface area contributed by atoms with E-state index in [1.807, 2.05) is 0 Å². The first kappa shape index (κ1) is 12.0. The van der Waals surface area contributed by atoms with Gasteiger partial charge in [-0.15, -0.1) is 0 Å². The third-order valence-corrected chi connectivity index (χ3v) is 3.41. The molecular formula is C12H26N2. The second-order valence-electron chi connectivity index (χ2n) is 4.74. The van der Waals surface area contributed by atoms with E-state index in [1.165, 1.54) is 38.8 Å². The van der Waals surface area contributed by atoms with Gasteiger partial charge in [-0.2, -0.15) is 0 Å². The van der Waals surface area contributed by atoms with Crippen LogP contribution in [0.15, 0.2) is 0 Å². The molecule has 0 saturated carbocycles. The van der Waals surface area contributed by atoms with Gasteiger partial charge in [0.15, 0.2) is 0 Å². The fraction of sp³-hybridized carbons (Fsp3) is 1.00. The Morgan fingerprint density at radius 3 is 2.86 bits per heavy atom. The van der Waals surface area contributed by atoms with Crippen LogP contribution < -0.4 is 10.6 Å². The molecule has 1 saturated heterocycles. The van der Waals surface area contributed by atoms with Crippen LogP contribution in [0.1, 0.15) is 46.5 Å². The molecule has 1 rings (SSSR count). The molecule has 3 unspecified atom stereocenters.